The molecule has 0 aliphatic heterocycles. The number of hydrogen-bond acceptors (Lipinski definition) is 3. The van der Waals surface area contributed by atoms with E-state index < -0.39 is 0 Å². The zero-order chi connectivity index (χ0) is 15.3. The van der Waals surface area contributed by atoms with Crippen LogP contribution in [0.15, 0.2) is 24.3 Å². The molecule has 21 heavy (non-hydrogen) atoms. The third-order valence-corrected chi connectivity index (χ3v) is 4.57. The van der Waals surface area contributed by atoms with Gasteiger partial charge in [0.25, 0.3) is 0 Å². The molecule has 0 atom stereocenters. The summed E-state index contributed by atoms with van der Waals surface area (Å²) in [5.41, 5.74) is 7.92. The van der Waals surface area contributed by atoms with E-state index in [0.29, 0.717) is 13.1 Å². The molecule has 2 rings (SSSR count). The Morgan fingerprint density at radius 2 is 1.86 bits per heavy atom. The smallest absolute Gasteiger partial charge is 0.227 e. The lowest BCUT2D eigenvalue weighted by atomic mass is 10.0. The molecule has 1 aromatic rings. The number of nitrogens with one attached hydrogen (secondary N) is 1. The molecule has 1 aliphatic rings. The molecular formula is C17H27N3O. The zero-order valence-electron chi connectivity index (χ0n) is 13.2. The Labute approximate surface area is 127 Å². The topological polar surface area (TPSA) is 58.4 Å². The molecule has 0 radical (unpaired) electrons. The molecule has 0 spiro atoms. The summed E-state index contributed by atoms with van der Waals surface area (Å²) in [4.78, 5) is 14.6. The van der Waals surface area contributed by atoms with Crippen LogP contribution >= 0.6 is 0 Å². The van der Waals surface area contributed by atoms with Crippen LogP contribution in [0.2, 0.25) is 0 Å². The quantitative estimate of drug-likeness (QED) is 0.768. The van der Waals surface area contributed by atoms with E-state index >= 15 is 0 Å². The Bertz CT molecular complexity index is 479. The number of carbonyl (C=O) groups excluding carboxylic acids is 1. The van der Waals surface area contributed by atoms with Crippen molar-refractivity contribution >= 4 is 5.91 Å². The highest BCUT2D eigenvalue weighted by atomic mass is 16.2. The third kappa shape index (κ3) is 3.83. The van der Waals surface area contributed by atoms with Crippen LogP contribution in [0, 0.1) is 5.41 Å². The average Bonchev–Trinajstić information content (AvgIpc) is 3.32. The van der Waals surface area contributed by atoms with Gasteiger partial charge in [-0.15, -0.1) is 0 Å². The minimum atomic E-state index is -0.270. The second-order valence-electron chi connectivity index (χ2n) is 5.90. The van der Waals surface area contributed by atoms with Crippen LogP contribution in [0.5, 0.6) is 0 Å². The van der Waals surface area contributed by atoms with E-state index in [9.17, 15) is 4.79 Å². The molecule has 1 aromatic carbocycles. The SMILES string of the molecule is CCN(CC)Cc1ccccc1CNC(=O)C1(CN)CC1. The lowest BCUT2D eigenvalue weighted by molar-refractivity contribution is -0.126. The Hall–Kier alpha value is -1.39. The van der Waals surface area contributed by atoms with Crippen LogP contribution in [0.4, 0.5) is 0 Å². The number of nitrogens with two attached hydrogens (primary N) is 1. The standard InChI is InChI=1S/C17H27N3O/c1-3-20(4-2)12-15-8-6-5-7-14(15)11-19-16(21)17(13-18)9-10-17/h5-8H,3-4,9-13,18H2,1-2H3,(H,19,21). The molecule has 0 saturated heterocycles. The zero-order valence-corrected chi connectivity index (χ0v) is 13.2. The fourth-order valence-corrected chi connectivity index (χ4v) is 2.61. The van der Waals surface area contributed by atoms with Gasteiger partial charge in [-0.3, -0.25) is 9.69 Å². The first-order valence-electron chi connectivity index (χ1n) is 7.92. The van der Waals surface area contributed by atoms with E-state index in [0.717, 1.165) is 32.5 Å². The molecule has 0 heterocycles. The minimum absolute atomic E-state index is 0.114. The maximum absolute atomic E-state index is 12.2. The fraction of sp³-hybridized carbons (Fsp3) is 0.588. The Morgan fingerprint density at radius 1 is 1.24 bits per heavy atom. The van der Waals surface area contributed by atoms with Gasteiger partial charge in [0.1, 0.15) is 0 Å². The number of rotatable bonds is 8. The van der Waals surface area contributed by atoms with E-state index in [1.807, 2.05) is 6.07 Å². The first-order chi connectivity index (χ1) is 10.1. The van der Waals surface area contributed by atoms with Crippen molar-refractivity contribution in [3.8, 4) is 0 Å². The predicted octanol–water partition coefficient (Wildman–Crippen LogP) is 1.88. The Balaban J connectivity index is 1.98. The van der Waals surface area contributed by atoms with Gasteiger partial charge in [0.15, 0.2) is 0 Å². The van der Waals surface area contributed by atoms with Gasteiger partial charge in [-0.1, -0.05) is 38.1 Å². The number of benzene rings is 1. The molecule has 0 aromatic heterocycles. The van der Waals surface area contributed by atoms with Gasteiger partial charge in [-0.25, -0.2) is 0 Å². The van der Waals surface area contributed by atoms with Crippen LogP contribution in [0.25, 0.3) is 0 Å². The summed E-state index contributed by atoms with van der Waals surface area (Å²) < 4.78 is 0. The van der Waals surface area contributed by atoms with Crippen LogP contribution < -0.4 is 11.1 Å². The molecule has 1 fully saturated rings. The molecule has 1 saturated carbocycles. The molecule has 4 nitrogen and oxygen atoms in total. The van der Waals surface area contributed by atoms with Gasteiger partial charge < -0.3 is 11.1 Å². The Kier molecular flexibility index (Phi) is 5.37. The lowest BCUT2D eigenvalue weighted by Crippen LogP contribution is -2.36. The lowest BCUT2D eigenvalue weighted by Gasteiger charge is -2.20. The van der Waals surface area contributed by atoms with Gasteiger partial charge in [-0.2, -0.15) is 0 Å². The van der Waals surface area contributed by atoms with E-state index in [2.05, 4.69) is 42.3 Å². The molecule has 0 bridgehead atoms. The fourth-order valence-electron chi connectivity index (χ4n) is 2.61. The van der Waals surface area contributed by atoms with Gasteiger partial charge in [0.05, 0.1) is 5.41 Å². The second kappa shape index (κ2) is 7.05. The average molecular weight is 289 g/mol. The number of hydrogen-bond donors (Lipinski definition) is 2. The van der Waals surface area contributed by atoms with E-state index in [4.69, 9.17) is 5.73 Å². The number of carbonyl (C=O) groups is 1. The van der Waals surface area contributed by atoms with Crippen molar-refractivity contribution in [2.75, 3.05) is 19.6 Å². The highest BCUT2D eigenvalue weighted by molar-refractivity contribution is 5.85. The summed E-state index contributed by atoms with van der Waals surface area (Å²) in [7, 11) is 0. The van der Waals surface area contributed by atoms with E-state index in [-0.39, 0.29) is 11.3 Å². The molecule has 4 heteroatoms. The van der Waals surface area contributed by atoms with Crippen LogP contribution in [0.1, 0.15) is 37.8 Å². The van der Waals surface area contributed by atoms with E-state index in [1.54, 1.807) is 0 Å². The molecule has 1 amide bonds. The summed E-state index contributed by atoms with van der Waals surface area (Å²) in [6, 6.07) is 8.34. The van der Waals surface area contributed by atoms with Gasteiger partial charge in [0.2, 0.25) is 5.91 Å². The third-order valence-electron chi connectivity index (χ3n) is 4.57. The largest absolute Gasteiger partial charge is 0.351 e. The van der Waals surface area contributed by atoms with Gasteiger partial charge in [-0.05, 0) is 37.1 Å². The number of amides is 1. The van der Waals surface area contributed by atoms with Crippen molar-refractivity contribution in [2.45, 2.75) is 39.8 Å². The van der Waals surface area contributed by atoms with Crippen molar-refractivity contribution in [3.63, 3.8) is 0 Å². The highest BCUT2D eigenvalue weighted by Crippen LogP contribution is 2.44. The van der Waals surface area contributed by atoms with Crippen LogP contribution in [-0.2, 0) is 17.9 Å². The molecule has 1 aliphatic carbocycles. The monoisotopic (exact) mass is 289 g/mol. The summed E-state index contributed by atoms with van der Waals surface area (Å²) in [6.45, 7) is 8.40. The molecule has 116 valence electrons. The minimum Gasteiger partial charge on any atom is -0.351 e. The van der Waals surface area contributed by atoms with Crippen LogP contribution in [-0.4, -0.2) is 30.4 Å². The predicted molar refractivity (Wildman–Crippen MR) is 85.6 cm³/mol. The first-order valence-corrected chi connectivity index (χ1v) is 7.92. The van der Waals surface area contributed by atoms with Crippen molar-refractivity contribution in [1.29, 1.82) is 0 Å². The molecule has 0 unspecified atom stereocenters. The Morgan fingerprint density at radius 3 is 2.38 bits per heavy atom. The van der Waals surface area contributed by atoms with E-state index in [1.165, 1.54) is 11.1 Å². The number of nitrogens with zero attached hydrogens (tertiary/aromatic N) is 1. The summed E-state index contributed by atoms with van der Waals surface area (Å²) in [5, 5.41) is 3.06. The van der Waals surface area contributed by atoms with Crippen molar-refractivity contribution in [1.82, 2.24) is 10.2 Å². The normalized spacial score (nSPS) is 16.0. The van der Waals surface area contributed by atoms with Gasteiger partial charge >= 0.3 is 0 Å². The molecular weight excluding hydrogens is 262 g/mol. The summed E-state index contributed by atoms with van der Waals surface area (Å²) >= 11 is 0. The van der Waals surface area contributed by atoms with Gasteiger partial charge in [0, 0.05) is 19.6 Å². The summed E-state index contributed by atoms with van der Waals surface area (Å²) in [6.07, 6.45) is 1.85. The first kappa shape index (κ1) is 16.0. The second-order valence-corrected chi connectivity index (χ2v) is 5.90. The highest BCUT2D eigenvalue weighted by Gasteiger charge is 2.48. The molecule has 3 N–H and O–H groups in total. The van der Waals surface area contributed by atoms with Crippen LogP contribution in [0.3, 0.4) is 0 Å². The van der Waals surface area contributed by atoms with Crippen molar-refractivity contribution in [2.24, 2.45) is 11.1 Å². The van der Waals surface area contributed by atoms with Crippen molar-refractivity contribution < 1.29 is 4.79 Å². The maximum atomic E-state index is 12.2. The summed E-state index contributed by atoms with van der Waals surface area (Å²) in [5.74, 6) is 0.114. The maximum Gasteiger partial charge on any atom is 0.227 e. The van der Waals surface area contributed by atoms with Crippen molar-refractivity contribution in [3.05, 3.63) is 35.4 Å².